The average molecular weight is 251 g/mol. The molecule has 0 N–H and O–H groups in total. The number of rotatable bonds is 2. The second kappa shape index (κ2) is 4.40. The van der Waals surface area contributed by atoms with Crippen LogP contribution in [0.4, 0.5) is 0 Å². The van der Waals surface area contributed by atoms with E-state index in [2.05, 4.69) is 6.92 Å². The van der Waals surface area contributed by atoms with Crippen molar-refractivity contribution >= 4 is 34.5 Å². The molecule has 0 amide bonds. The Bertz CT molecular complexity index is 313. The third-order valence-corrected chi connectivity index (χ3v) is 4.82. The normalized spacial score (nSPS) is 29.4. The van der Waals surface area contributed by atoms with E-state index in [9.17, 15) is 0 Å². The van der Waals surface area contributed by atoms with Crippen LogP contribution in [0.1, 0.15) is 23.6 Å². The van der Waals surface area contributed by atoms with Crippen LogP contribution in [0, 0.1) is 5.92 Å². The number of hydrogen-bond donors (Lipinski definition) is 0. The van der Waals surface area contributed by atoms with E-state index in [1.165, 1.54) is 0 Å². The molecule has 1 fully saturated rings. The maximum absolute atomic E-state index is 6.40. The Labute approximate surface area is 98.0 Å². The molecule has 2 rings (SSSR count). The summed E-state index contributed by atoms with van der Waals surface area (Å²) in [7, 11) is 0. The quantitative estimate of drug-likeness (QED) is 0.719. The van der Waals surface area contributed by atoms with Gasteiger partial charge in [0.25, 0.3) is 0 Å². The third kappa shape index (κ3) is 1.94. The van der Waals surface area contributed by atoms with E-state index in [-0.39, 0.29) is 11.5 Å². The maximum atomic E-state index is 6.40. The zero-order valence-corrected chi connectivity index (χ0v) is 10.2. The van der Waals surface area contributed by atoms with Crippen molar-refractivity contribution in [3.8, 4) is 0 Å². The number of ether oxygens (including phenoxy) is 1. The van der Waals surface area contributed by atoms with Gasteiger partial charge in [-0.3, -0.25) is 0 Å². The molecule has 0 aromatic carbocycles. The first-order valence-corrected chi connectivity index (χ1v) is 6.38. The van der Waals surface area contributed by atoms with E-state index >= 15 is 0 Å². The van der Waals surface area contributed by atoms with Gasteiger partial charge >= 0.3 is 0 Å². The molecule has 1 saturated heterocycles. The summed E-state index contributed by atoms with van der Waals surface area (Å²) in [6.07, 6.45) is 1.28. The monoisotopic (exact) mass is 250 g/mol. The van der Waals surface area contributed by atoms with Gasteiger partial charge in [0.1, 0.15) is 0 Å². The number of thiophene rings is 1. The zero-order valence-electron chi connectivity index (χ0n) is 7.87. The minimum atomic E-state index is -0.000000000000000222. The minimum absolute atomic E-state index is 0.000000000000000222. The number of alkyl halides is 1. The second-order valence-corrected chi connectivity index (χ2v) is 5.39. The third-order valence-electron chi connectivity index (χ3n) is 2.71. The van der Waals surface area contributed by atoms with Crippen molar-refractivity contribution < 1.29 is 4.74 Å². The first-order chi connectivity index (χ1) is 6.70. The average Bonchev–Trinajstić information content (AvgIpc) is 2.73. The second-order valence-electron chi connectivity index (χ2n) is 3.56. The molecule has 1 aliphatic heterocycles. The first kappa shape index (κ1) is 10.7. The van der Waals surface area contributed by atoms with Crippen LogP contribution in [0.5, 0.6) is 0 Å². The number of halogens is 2. The first-order valence-electron chi connectivity index (χ1n) is 4.68. The fraction of sp³-hybridized carbons (Fsp3) is 0.600. The molecule has 1 aromatic rings. The van der Waals surface area contributed by atoms with E-state index in [4.69, 9.17) is 27.9 Å². The van der Waals surface area contributed by atoms with Crippen LogP contribution in [0.3, 0.4) is 0 Å². The Morgan fingerprint density at radius 3 is 2.93 bits per heavy atom. The van der Waals surface area contributed by atoms with Gasteiger partial charge in [-0.15, -0.1) is 22.9 Å². The Balaban J connectivity index is 2.15. The lowest BCUT2D eigenvalue weighted by molar-refractivity contribution is 0.105. The predicted octanol–water partition coefficient (Wildman–Crippen LogP) is 4.11. The molecule has 3 atom stereocenters. The zero-order chi connectivity index (χ0) is 10.1. The van der Waals surface area contributed by atoms with Crippen LogP contribution in [0.15, 0.2) is 11.4 Å². The predicted molar refractivity (Wildman–Crippen MR) is 61.4 cm³/mol. The van der Waals surface area contributed by atoms with Crippen LogP contribution >= 0.6 is 34.5 Å². The molecule has 1 aromatic heterocycles. The molecule has 14 heavy (non-hydrogen) atoms. The van der Waals surface area contributed by atoms with Gasteiger partial charge in [-0.05, 0) is 24.8 Å². The molecule has 0 aliphatic carbocycles. The molecule has 0 saturated carbocycles. The molecule has 78 valence electrons. The van der Waals surface area contributed by atoms with Crippen molar-refractivity contribution in [2.75, 3.05) is 6.61 Å². The van der Waals surface area contributed by atoms with Gasteiger partial charge in [0.05, 0.1) is 16.5 Å². The topological polar surface area (TPSA) is 9.23 Å². The highest BCUT2D eigenvalue weighted by atomic mass is 35.5. The molecule has 1 aliphatic rings. The minimum Gasteiger partial charge on any atom is -0.378 e. The molecule has 0 radical (unpaired) electrons. The van der Waals surface area contributed by atoms with Gasteiger partial charge in [-0.1, -0.05) is 11.6 Å². The van der Waals surface area contributed by atoms with Gasteiger partial charge in [0, 0.05) is 17.4 Å². The highest BCUT2D eigenvalue weighted by Gasteiger charge is 2.33. The van der Waals surface area contributed by atoms with Gasteiger partial charge in [-0.2, -0.15) is 0 Å². The van der Waals surface area contributed by atoms with Gasteiger partial charge in [0.2, 0.25) is 0 Å². The van der Waals surface area contributed by atoms with E-state index in [1.54, 1.807) is 11.3 Å². The molecular formula is C10H12Cl2OS. The maximum Gasteiger partial charge on any atom is 0.0747 e. The lowest BCUT2D eigenvalue weighted by Crippen LogP contribution is -2.15. The molecule has 1 nitrogen and oxygen atoms in total. The SMILES string of the molecule is CC1OCCC1C(Cl)c1sccc1Cl. The van der Waals surface area contributed by atoms with Crippen molar-refractivity contribution in [2.24, 2.45) is 5.92 Å². The highest BCUT2D eigenvalue weighted by Crippen LogP contribution is 2.42. The summed E-state index contributed by atoms with van der Waals surface area (Å²) >= 11 is 14.1. The lowest BCUT2D eigenvalue weighted by Gasteiger charge is -2.19. The Morgan fingerprint density at radius 2 is 2.43 bits per heavy atom. The lowest BCUT2D eigenvalue weighted by atomic mass is 9.97. The van der Waals surface area contributed by atoms with Gasteiger partial charge < -0.3 is 4.74 Å². The van der Waals surface area contributed by atoms with E-state index in [1.807, 2.05) is 11.4 Å². The van der Waals surface area contributed by atoms with Crippen molar-refractivity contribution in [1.29, 1.82) is 0 Å². The Morgan fingerprint density at radius 1 is 1.64 bits per heavy atom. The Hall–Kier alpha value is 0.240. The summed E-state index contributed by atoms with van der Waals surface area (Å²) in [4.78, 5) is 1.08. The van der Waals surface area contributed by atoms with E-state index in [0.29, 0.717) is 5.92 Å². The summed E-state index contributed by atoms with van der Waals surface area (Å²) in [5.41, 5.74) is 0. The summed E-state index contributed by atoms with van der Waals surface area (Å²) in [6.45, 7) is 2.90. The van der Waals surface area contributed by atoms with E-state index < -0.39 is 0 Å². The van der Waals surface area contributed by atoms with Crippen LogP contribution in [0.2, 0.25) is 5.02 Å². The summed E-state index contributed by atoms with van der Waals surface area (Å²) < 4.78 is 5.50. The highest BCUT2D eigenvalue weighted by molar-refractivity contribution is 7.11. The molecule has 2 heterocycles. The fourth-order valence-electron chi connectivity index (χ4n) is 1.83. The van der Waals surface area contributed by atoms with E-state index in [0.717, 1.165) is 22.9 Å². The van der Waals surface area contributed by atoms with Crippen LogP contribution in [-0.2, 0) is 4.74 Å². The van der Waals surface area contributed by atoms with Crippen molar-refractivity contribution in [3.05, 3.63) is 21.3 Å². The van der Waals surface area contributed by atoms with Crippen molar-refractivity contribution in [2.45, 2.75) is 24.8 Å². The van der Waals surface area contributed by atoms with Crippen molar-refractivity contribution in [3.63, 3.8) is 0 Å². The van der Waals surface area contributed by atoms with Crippen LogP contribution in [-0.4, -0.2) is 12.7 Å². The largest absolute Gasteiger partial charge is 0.378 e. The number of hydrogen-bond acceptors (Lipinski definition) is 2. The van der Waals surface area contributed by atoms with Crippen LogP contribution in [0.25, 0.3) is 0 Å². The summed E-state index contributed by atoms with van der Waals surface area (Å²) in [5.74, 6) is 0.396. The molecular weight excluding hydrogens is 239 g/mol. The summed E-state index contributed by atoms with van der Waals surface area (Å²) in [6, 6.07) is 1.90. The Kier molecular flexibility index (Phi) is 3.38. The molecule has 4 heteroatoms. The van der Waals surface area contributed by atoms with Gasteiger partial charge in [0.15, 0.2) is 0 Å². The van der Waals surface area contributed by atoms with Crippen molar-refractivity contribution in [1.82, 2.24) is 0 Å². The van der Waals surface area contributed by atoms with Crippen LogP contribution < -0.4 is 0 Å². The standard InChI is InChI=1S/C10H12Cl2OS/c1-6-7(2-4-13-6)9(12)10-8(11)3-5-14-10/h3,5-7,9H,2,4H2,1H3. The smallest absolute Gasteiger partial charge is 0.0747 e. The molecule has 3 unspecified atom stereocenters. The van der Waals surface area contributed by atoms with Gasteiger partial charge in [-0.25, -0.2) is 0 Å². The molecule has 0 bridgehead atoms. The summed E-state index contributed by atoms with van der Waals surface area (Å²) in [5, 5.41) is 2.77. The molecule has 0 spiro atoms. The fourth-order valence-corrected chi connectivity index (χ4v) is 3.71.